The number of rotatable bonds is 7. The Morgan fingerprint density at radius 2 is 1.73 bits per heavy atom. The number of pyridine rings is 1. The van der Waals surface area contributed by atoms with E-state index in [1.807, 2.05) is 48.5 Å². The van der Waals surface area contributed by atoms with Gasteiger partial charge in [0.15, 0.2) is 5.13 Å². The van der Waals surface area contributed by atoms with Crippen molar-refractivity contribution in [3.8, 4) is 39.2 Å². The van der Waals surface area contributed by atoms with Gasteiger partial charge in [0.25, 0.3) is 5.89 Å². The lowest BCUT2D eigenvalue weighted by molar-refractivity contribution is 0.0342. The van der Waals surface area contributed by atoms with E-state index in [0.29, 0.717) is 22.7 Å². The van der Waals surface area contributed by atoms with Crippen LogP contribution in [0.5, 0.6) is 5.75 Å². The first-order valence-corrected chi connectivity index (χ1v) is 12.7. The predicted molar refractivity (Wildman–Crippen MR) is 142 cm³/mol. The van der Waals surface area contributed by atoms with Gasteiger partial charge < -0.3 is 19.6 Å². The Morgan fingerprint density at radius 1 is 0.919 bits per heavy atom. The standard InChI is InChI=1S/C27H24N6O3S/c34-21-8-4-7-20(15-21)22-13-18(17-33-9-11-35-12-10-33)14-24(29-22)30-27-28-16-23(37-27)26-32-31-25(36-26)19-5-2-1-3-6-19/h1-8,13-16,34H,9-12,17H2,(H,28,29,30). The number of anilines is 2. The molecule has 10 heteroatoms. The summed E-state index contributed by atoms with van der Waals surface area (Å²) in [6, 6.07) is 20.9. The topological polar surface area (TPSA) is 109 Å². The maximum atomic E-state index is 10.0. The highest BCUT2D eigenvalue weighted by Gasteiger charge is 2.16. The van der Waals surface area contributed by atoms with E-state index in [1.54, 1.807) is 18.3 Å². The normalized spacial score (nSPS) is 14.1. The van der Waals surface area contributed by atoms with Crippen molar-refractivity contribution >= 4 is 22.3 Å². The van der Waals surface area contributed by atoms with E-state index in [2.05, 4.69) is 31.5 Å². The summed E-state index contributed by atoms with van der Waals surface area (Å²) in [7, 11) is 0. The van der Waals surface area contributed by atoms with Gasteiger partial charge in [0.2, 0.25) is 5.89 Å². The highest BCUT2D eigenvalue weighted by molar-refractivity contribution is 7.18. The molecule has 0 atom stereocenters. The zero-order valence-corrected chi connectivity index (χ0v) is 20.7. The van der Waals surface area contributed by atoms with Gasteiger partial charge in [-0.15, -0.1) is 10.2 Å². The molecule has 4 heterocycles. The smallest absolute Gasteiger partial charge is 0.259 e. The van der Waals surface area contributed by atoms with Gasteiger partial charge in [-0.05, 0) is 42.0 Å². The van der Waals surface area contributed by atoms with Crippen LogP contribution >= 0.6 is 11.3 Å². The van der Waals surface area contributed by atoms with Crippen LogP contribution in [-0.2, 0) is 11.3 Å². The van der Waals surface area contributed by atoms with Crippen LogP contribution in [0.2, 0.25) is 0 Å². The number of phenolic OH excluding ortho intramolecular Hbond substituents is 1. The zero-order valence-electron chi connectivity index (χ0n) is 19.9. The molecule has 0 bridgehead atoms. The van der Waals surface area contributed by atoms with Crippen molar-refractivity contribution in [3.63, 3.8) is 0 Å². The van der Waals surface area contributed by atoms with Gasteiger partial charge in [0, 0.05) is 30.8 Å². The summed E-state index contributed by atoms with van der Waals surface area (Å²) in [5.74, 6) is 1.75. The maximum Gasteiger partial charge on any atom is 0.259 e. The highest BCUT2D eigenvalue weighted by atomic mass is 32.1. The minimum absolute atomic E-state index is 0.200. The molecule has 5 aromatic rings. The molecule has 0 radical (unpaired) electrons. The van der Waals surface area contributed by atoms with Crippen LogP contribution in [0.15, 0.2) is 77.3 Å². The largest absolute Gasteiger partial charge is 0.508 e. The Labute approximate surface area is 217 Å². The zero-order chi connectivity index (χ0) is 25.0. The third-order valence-electron chi connectivity index (χ3n) is 5.93. The molecule has 1 fully saturated rings. The van der Waals surface area contributed by atoms with E-state index >= 15 is 0 Å². The Balaban J connectivity index is 1.26. The number of hydrogen-bond donors (Lipinski definition) is 2. The summed E-state index contributed by atoms with van der Waals surface area (Å²) in [5.41, 5.74) is 3.58. The summed E-state index contributed by atoms with van der Waals surface area (Å²) in [6.07, 6.45) is 1.71. The summed E-state index contributed by atoms with van der Waals surface area (Å²) in [5, 5.41) is 22.4. The average molecular weight is 513 g/mol. The maximum absolute atomic E-state index is 10.0. The molecule has 9 nitrogen and oxygen atoms in total. The van der Waals surface area contributed by atoms with Crippen molar-refractivity contribution in [2.75, 3.05) is 31.6 Å². The molecule has 0 amide bonds. The second-order valence-electron chi connectivity index (χ2n) is 8.62. The number of aromatic hydroxyl groups is 1. The molecule has 2 N–H and O–H groups in total. The van der Waals surface area contributed by atoms with Crippen molar-refractivity contribution in [3.05, 3.63) is 78.5 Å². The first kappa shape index (κ1) is 23.3. The van der Waals surface area contributed by atoms with Crippen molar-refractivity contribution in [2.45, 2.75) is 6.54 Å². The van der Waals surface area contributed by atoms with Crippen LogP contribution in [0, 0.1) is 0 Å². The molecule has 0 aliphatic carbocycles. The molecule has 1 saturated heterocycles. The number of hydrogen-bond acceptors (Lipinski definition) is 10. The quantitative estimate of drug-likeness (QED) is 0.304. The number of morpholine rings is 1. The lowest BCUT2D eigenvalue weighted by Gasteiger charge is -2.26. The molecule has 2 aromatic carbocycles. The van der Waals surface area contributed by atoms with Gasteiger partial charge in [0.05, 0.1) is 25.1 Å². The summed E-state index contributed by atoms with van der Waals surface area (Å²) >= 11 is 1.41. The molecule has 6 rings (SSSR count). The van der Waals surface area contributed by atoms with Crippen LogP contribution in [0.1, 0.15) is 5.56 Å². The molecule has 0 unspecified atom stereocenters. The van der Waals surface area contributed by atoms with Gasteiger partial charge in [-0.2, -0.15) is 0 Å². The third kappa shape index (κ3) is 5.51. The molecule has 1 aliphatic heterocycles. The number of nitrogens with one attached hydrogen (secondary N) is 1. The van der Waals surface area contributed by atoms with E-state index in [0.717, 1.165) is 60.1 Å². The van der Waals surface area contributed by atoms with Crippen LogP contribution in [0.25, 0.3) is 33.5 Å². The van der Waals surface area contributed by atoms with Crippen molar-refractivity contribution in [1.82, 2.24) is 25.1 Å². The summed E-state index contributed by atoms with van der Waals surface area (Å²) < 4.78 is 11.4. The lowest BCUT2D eigenvalue weighted by atomic mass is 10.1. The van der Waals surface area contributed by atoms with Gasteiger partial charge in [0.1, 0.15) is 16.4 Å². The summed E-state index contributed by atoms with van der Waals surface area (Å²) in [4.78, 5) is 12.4. The second kappa shape index (κ2) is 10.5. The van der Waals surface area contributed by atoms with Gasteiger partial charge >= 0.3 is 0 Å². The average Bonchev–Trinajstić information content (AvgIpc) is 3.60. The number of aromatic nitrogens is 4. The highest BCUT2D eigenvalue weighted by Crippen LogP contribution is 2.32. The minimum atomic E-state index is 0.200. The molecule has 0 saturated carbocycles. The van der Waals surface area contributed by atoms with Gasteiger partial charge in [-0.25, -0.2) is 9.97 Å². The number of nitrogens with zero attached hydrogens (tertiary/aromatic N) is 5. The fraction of sp³-hybridized carbons (Fsp3) is 0.185. The first-order chi connectivity index (χ1) is 18.2. The van der Waals surface area contributed by atoms with Crippen LogP contribution in [0.3, 0.4) is 0 Å². The van der Waals surface area contributed by atoms with Crippen molar-refractivity contribution in [2.24, 2.45) is 0 Å². The van der Waals surface area contributed by atoms with E-state index in [1.165, 1.54) is 11.3 Å². The first-order valence-electron chi connectivity index (χ1n) is 11.9. The Bertz CT molecular complexity index is 1500. The molecule has 1 aliphatic rings. The summed E-state index contributed by atoms with van der Waals surface area (Å²) in [6.45, 7) is 4.02. The van der Waals surface area contributed by atoms with E-state index < -0.39 is 0 Å². The van der Waals surface area contributed by atoms with Crippen LogP contribution in [0.4, 0.5) is 10.9 Å². The van der Waals surface area contributed by atoms with Crippen LogP contribution in [-0.4, -0.2) is 56.5 Å². The number of thiazole rings is 1. The molecular formula is C27H24N6O3S. The number of benzene rings is 2. The van der Waals surface area contributed by atoms with Gasteiger partial charge in [-0.3, -0.25) is 4.90 Å². The van der Waals surface area contributed by atoms with Crippen LogP contribution < -0.4 is 5.32 Å². The molecule has 0 spiro atoms. The molecular weight excluding hydrogens is 488 g/mol. The van der Waals surface area contributed by atoms with E-state index in [4.69, 9.17) is 14.1 Å². The fourth-order valence-corrected chi connectivity index (χ4v) is 4.88. The van der Waals surface area contributed by atoms with Crippen molar-refractivity contribution < 1.29 is 14.3 Å². The Morgan fingerprint density at radius 3 is 2.57 bits per heavy atom. The number of phenols is 1. The monoisotopic (exact) mass is 512 g/mol. The fourth-order valence-electron chi connectivity index (χ4n) is 4.13. The molecule has 186 valence electrons. The number of ether oxygens (including phenoxy) is 1. The Kier molecular flexibility index (Phi) is 6.59. The molecule has 37 heavy (non-hydrogen) atoms. The van der Waals surface area contributed by atoms with E-state index in [-0.39, 0.29) is 5.75 Å². The SMILES string of the molecule is Oc1cccc(-c2cc(CN3CCOCC3)cc(Nc3ncc(-c4nnc(-c5ccccc5)o4)s3)n2)c1. The van der Waals surface area contributed by atoms with Crippen molar-refractivity contribution in [1.29, 1.82) is 0 Å². The van der Waals surface area contributed by atoms with Gasteiger partial charge in [-0.1, -0.05) is 41.7 Å². The second-order valence-corrected chi connectivity index (χ2v) is 9.65. The molecule has 3 aromatic heterocycles. The predicted octanol–water partition coefficient (Wildman–Crippen LogP) is 5.20. The minimum Gasteiger partial charge on any atom is -0.508 e. The van der Waals surface area contributed by atoms with E-state index in [9.17, 15) is 5.11 Å². The third-order valence-corrected chi connectivity index (χ3v) is 6.83. The Hall–Kier alpha value is -4.12. The lowest BCUT2D eigenvalue weighted by Crippen LogP contribution is -2.35.